The maximum atomic E-state index is 13.4. The van der Waals surface area contributed by atoms with E-state index in [-0.39, 0.29) is 18.1 Å². The van der Waals surface area contributed by atoms with Gasteiger partial charge >= 0.3 is 0 Å². The summed E-state index contributed by atoms with van der Waals surface area (Å²) in [5.74, 6) is -0.598. The number of ether oxygens (including phenoxy) is 1. The van der Waals surface area contributed by atoms with Gasteiger partial charge in [0.1, 0.15) is 5.82 Å². The average molecular weight is 237 g/mol. The molecule has 0 unspecified atom stereocenters. The molecule has 0 fully saturated rings. The summed E-state index contributed by atoms with van der Waals surface area (Å²) in [6.07, 6.45) is 1.64. The highest BCUT2D eigenvalue weighted by molar-refractivity contribution is 5.78. The molecule has 0 aliphatic carbocycles. The maximum absolute atomic E-state index is 13.4. The van der Waals surface area contributed by atoms with E-state index in [0.29, 0.717) is 18.7 Å². The van der Waals surface area contributed by atoms with E-state index in [1.165, 1.54) is 6.07 Å². The van der Waals surface area contributed by atoms with Crippen LogP contribution in [0.3, 0.4) is 0 Å². The van der Waals surface area contributed by atoms with Crippen molar-refractivity contribution in [1.29, 1.82) is 0 Å². The standard InChI is InChI=1S/C13H16FNO2/c1-3-10-4-5-12(14)11(8-10)9-13(16)15-6-7-17-2/h3-5,8H,1,6-7,9H2,2H3,(H,15,16). The molecule has 17 heavy (non-hydrogen) atoms. The largest absolute Gasteiger partial charge is 0.383 e. The van der Waals surface area contributed by atoms with Crippen molar-refractivity contribution in [2.24, 2.45) is 0 Å². The van der Waals surface area contributed by atoms with Crippen molar-refractivity contribution in [1.82, 2.24) is 5.32 Å². The van der Waals surface area contributed by atoms with Crippen molar-refractivity contribution in [2.45, 2.75) is 6.42 Å². The molecule has 1 aromatic carbocycles. The monoisotopic (exact) mass is 237 g/mol. The average Bonchev–Trinajstić information content (AvgIpc) is 2.32. The van der Waals surface area contributed by atoms with Crippen LogP contribution in [0.5, 0.6) is 0 Å². The molecule has 0 aromatic heterocycles. The number of hydrogen-bond donors (Lipinski definition) is 1. The number of methoxy groups -OCH3 is 1. The molecule has 3 nitrogen and oxygen atoms in total. The molecule has 0 saturated heterocycles. The fourth-order valence-electron chi connectivity index (χ4n) is 1.39. The van der Waals surface area contributed by atoms with Gasteiger partial charge in [0.25, 0.3) is 0 Å². The summed E-state index contributed by atoms with van der Waals surface area (Å²) in [7, 11) is 1.55. The van der Waals surface area contributed by atoms with Crippen molar-refractivity contribution < 1.29 is 13.9 Å². The zero-order chi connectivity index (χ0) is 12.7. The fourth-order valence-corrected chi connectivity index (χ4v) is 1.39. The second-order valence-electron chi connectivity index (χ2n) is 3.57. The zero-order valence-corrected chi connectivity index (χ0v) is 9.83. The molecule has 0 bridgehead atoms. The van der Waals surface area contributed by atoms with Gasteiger partial charge in [0, 0.05) is 13.7 Å². The summed E-state index contributed by atoms with van der Waals surface area (Å²) >= 11 is 0. The molecule has 0 radical (unpaired) electrons. The van der Waals surface area contributed by atoms with Gasteiger partial charge in [-0.2, -0.15) is 0 Å². The van der Waals surface area contributed by atoms with E-state index in [1.807, 2.05) is 0 Å². The number of nitrogens with one attached hydrogen (secondary N) is 1. The van der Waals surface area contributed by atoms with Crippen LogP contribution in [-0.2, 0) is 16.0 Å². The number of benzene rings is 1. The number of carbonyl (C=O) groups is 1. The van der Waals surface area contributed by atoms with Crippen LogP contribution in [0, 0.1) is 5.82 Å². The van der Waals surface area contributed by atoms with Crippen molar-refractivity contribution in [3.05, 3.63) is 41.7 Å². The van der Waals surface area contributed by atoms with E-state index in [1.54, 1.807) is 25.3 Å². The molecule has 0 aliphatic rings. The van der Waals surface area contributed by atoms with Crippen LogP contribution in [0.15, 0.2) is 24.8 Å². The molecule has 0 atom stereocenters. The number of halogens is 1. The molecule has 0 aliphatic heterocycles. The Morgan fingerprint density at radius 2 is 2.35 bits per heavy atom. The van der Waals surface area contributed by atoms with Crippen LogP contribution in [0.25, 0.3) is 6.08 Å². The number of amides is 1. The summed E-state index contributed by atoms with van der Waals surface area (Å²) in [4.78, 5) is 11.5. The van der Waals surface area contributed by atoms with Gasteiger partial charge in [0.2, 0.25) is 5.91 Å². The SMILES string of the molecule is C=Cc1ccc(F)c(CC(=O)NCCOC)c1. The third-order valence-electron chi connectivity index (χ3n) is 2.28. The first-order chi connectivity index (χ1) is 8.17. The third kappa shape index (κ3) is 4.36. The van der Waals surface area contributed by atoms with Crippen LogP contribution in [0.1, 0.15) is 11.1 Å². The van der Waals surface area contributed by atoms with Crippen LogP contribution in [0.2, 0.25) is 0 Å². The molecular formula is C13H16FNO2. The molecule has 92 valence electrons. The lowest BCUT2D eigenvalue weighted by Crippen LogP contribution is -2.28. The normalized spacial score (nSPS) is 10.0. The quantitative estimate of drug-likeness (QED) is 0.766. The van der Waals surface area contributed by atoms with E-state index in [0.717, 1.165) is 5.56 Å². The van der Waals surface area contributed by atoms with Crippen LogP contribution in [0.4, 0.5) is 4.39 Å². The second kappa shape index (κ2) is 6.81. The Labute approximate surface area is 100 Å². The molecule has 0 spiro atoms. The summed E-state index contributed by atoms with van der Waals surface area (Å²) in [5.41, 5.74) is 1.17. The summed E-state index contributed by atoms with van der Waals surface area (Å²) in [6, 6.07) is 4.58. The Morgan fingerprint density at radius 3 is 3.00 bits per heavy atom. The Kier molecular flexibility index (Phi) is 5.36. The van der Waals surface area contributed by atoms with E-state index < -0.39 is 0 Å². The Hall–Kier alpha value is -1.68. The van der Waals surface area contributed by atoms with Gasteiger partial charge in [-0.05, 0) is 23.3 Å². The number of carbonyl (C=O) groups excluding carboxylic acids is 1. The van der Waals surface area contributed by atoms with E-state index in [4.69, 9.17) is 4.74 Å². The Balaban J connectivity index is 2.60. The Morgan fingerprint density at radius 1 is 1.59 bits per heavy atom. The van der Waals surface area contributed by atoms with Gasteiger partial charge in [-0.1, -0.05) is 18.7 Å². The van der Waals surface area contributed by atoms with Gasteiger partial charge < -0.3 is 10.1 Å². The molecular weight excluding hydrogens is 221 g/mol. The first kappa shape index (κ1) is 13.4. The molecule has 0 saturated carbocycles. The zero-order valence-electron chi connectivity index (χ0n) is 9.83. The highest BCUT2D eigenvalue weighted by atomic mass is 19.1. The van der Waals surface area contributed by atoms with Crippen molar-refractivity contribution >= 4 is 12.0 Å². The molecule has 4 heteroatoms. The van der Waals surface area contributed by atoms with Crippen LogP contribution >= 0.6 is 0 Å². The lowest BCUT2D eigenvalue weighted by molar-refractivity contribution is -0.120. The predicted octanol–water partition coefficient (Wildman–Crippen LogP) is 1.77. The first-order valence-electron chi connectivity index (χ1n) is 5.34. The van der Waals surface area contributed by atoms with Gasteiger partial charge in [-0.3, -0.25) is 4.79 Å². The van der Waals surface area contributed by atoms with Crippen molar-refractivity contribution in [2.75, 3.05) is 20.3 Å². The van der Waals surface area contributed by atoms with Gasteiger partial charge in [0.05, 0.1) is 13.0 Å². The fraction of sp³-hybridized carbons (Fsp3) is 0.308. The van der Waals surface area contributed by atoms with Gasteiger partial charge in [0.15, 0.2) is 0 Å². The lowest BCUT2D eigenvalue weighted by atomic mass is 10.1. The second-order valence-corrected chi connectivity index (χ2v) is 3.57. The minimum absolute atomic E-state index is 0.0250. The van der Waals surface area contributed by atoms with Gasteiger partial charge in [-0.25, -0.2) is 4.39 Å². The Bertz CT molecular complexity index is 404. The summed E-state index contributed by atoms with van der Waals surface area (Å²) < 4.78 is 18.2. The smallest absolute Gasteiger partial charge is 0.224 e. The maximum Gasteiger partial charge on any atom is 0.224 e. The molecule has 1 rings (SSSR count). The van der Waals surface area contributed by atoms with E-state index in [9.17, 15) is 9.18 Å². The number of rotatable bonds is 6. The van der Waals surface area contributed by atoms with Crippen LogP contribution < -0.4 is 5.32 Å². The number of hydrogen-bond acceptors (Lipinski definition) is 2. The van der Waals surface area contributed by atoms with Crippen LogP contribution in [-0.4, -0.2) is 26.2 Å². The highest BCUT2D eigenvalue weighted by Gasteiger charge is 2.08. The summed E-state index contributed by atoms with van der Waals surface area (Å²) in [6.45, 7) is 4.48. The molecule has 1 aromatic rings. The highest BCUT2D eigenvalue weighted by Crippen LogP contribution is 2.12. The lowest BCUT2D eigenvalue weighted by Gasteiger charge is -2.06. The minimum Gasteiger partial charge on any atom is -0.383 e. The van der Waals surface area contributed by atoms with Gasteiger partial charge in [-0.15, -0.1) is 0 Å². The summed E-state index contributed by atoms with van der Waals surface area (Å²) in [5, 5.41) is 2.64. The van der Waals surface area contributed by atoms with E-state index in [2.05, 4.69) is 11.9 Å². The minimum atomic E-state index is -0.377. The topological polar surface area (TPSA) is 38.3 Å². The molecule has 1 amide bonds. The molecule has 0 heterocycles. The first-order valence-corrected chi connectivity index (χ1v) is 5.34. The van der Waals surface area contributed by atoms with Crippen molar-refractivity contribution in [3.63, 3.8) is 0 Å². The van der Waals surface area contributed by atoms with Crippen molar-refractivity contribution in [3.8, 4) is 0 Å². The molecule has 1 N–H and O–H groups in total. The third-order valence-corrected chi connectivity index (χ3v) is 2.28. The predicted molar refractivity (Wildman–Crippen MR) is 65.1 cm³/mol. The van der Waals surface area contributed by atoms with E-state index >= 15 is 0 Å².